The van der Waals surface area contributed by atoms with Gasteiger partial charge in [-0.3, -0.25) is 9.59 Å². The molecule has 2 heterocycles. The Labute approximate surface area is 118 Å². The van der Waals surface area contributed by atoms with Crippen molar-refractivity contribution in [2.45, 2.75) is 38.6 Å². The lowest BCUT2D eigenvalue weighted by Gasteiger charge is -2.29. The Morgan fingerprint density at radius 3 is 2.95 bits per heavy atom. The van der Waals surface area contributed by atoms with Gasteiger partial charge in [-0.15, -0.1) is 0 Å². The van der Waals surface area contributed by atoms with Gasteiger partial charge in [0.05, 0.1) is 6.04 Å². The molecule has 1 fully saturated rings. The molecule has 110 valence electrons. The molecular formula is C13H20N4O3. The van der Waals surface area contributed by atoms with Gasteiger partial charge in [-0.25, -0.2) is 4.99 Å². The van der Waals surface area contributed by atoms with Gasteiger partial charge in [0, 0.05) is 6.54 Å². The minimum absolute atomic E-state index is 0.0219. The van der Waals surface area contributed by atoms with Crippen molar-refractivity contribution in [2.75, 3.05) is 13.1 Å². The number of hydrogen-bond donors (Lipinski definition) is 2. The number of esters is 1. The second-order valence-corrected chi connectivity index (χ2v) is 5.74. The number of rotatable bonds is 3. The minimum atomic E-state index is -0.515. The van der Waals surface area contributed by atoms with Crippen molar-refractivity contribution >= 4 is 18.3 Å². The van der Waals surface area contributed by atoms with Gasteiger partial charge in [-0.1, -0.05) is 12.2 Å². The number of aliphatic imine (C=N–C) groups is 1. The van der Waals surface area contributed by atoms with E-state index < -0.39 is 5.60 Å². The fourth-order valence-corrected chi connectivity index (χ4v) is 2.11. The maximum absolute atomic E-state index is 11.6. The summed E-state index contributed by atoms with van der Waals surface area (Å²) in [5.41, 5.74) is -0.515. The van der Waals surface area contributed by atoms with Crippen molar-refractivity contribution in [3.63, 3.8) is 0 Å². The lowest BCUT2D eigenvalue weighted by atomic mass is 10.1. The molecule has 0 spiro atoms. The molecule has 2 atom stereocenters. The van der Waals surface area contributed by atoms with Gasteiger partial charge in [0.2, 0.25) is 6.41 Å². The highest BCUT2D eigenvalue weighted by Gasteiger charge is 2.34. The van der Waals surface area contributed by atoms with Crippen molar-refractivity contribution in [1.29, 1.82) is 0 Å². The second kappa shape index (κ2) is 5.52. The third-order valence-corrected chi connectivity index (χ3v) is 2.87. The zero-order valence-electron chi connectivity index (χ0n) is 11.9. The first-order chi connectivity index (χ1) is 9.39. The summed E-state index contributed by atoms with van der Waals surface area (Å²) in [7, 11) is 0. The van der Waals surface area contributed by atoms with Crippen LogP contribution in [0.25, 0.3) is 0 Å². The number of carbonyl (C=O) groups is 2. The number of fused-ring (bicyclic) bond motifs is 1. The number of amides is 1. The van der Waals surface area contributed by atoms with Crippen molar-refractivity contribution < 1.29 is 14.3 Å². The highest BCUT2D eigenvalue weighted by atomic mass is 16.6. The molecule has 0 saturated carbocycles. The van der Waals surface area contributed by atoms with Crippen LogP contribution >= 0.6 is 0 Å². The first-order valence-electron chi connectivity index (χ1n) is 6.56. The largest absolute Gasteiger partial charge is 0.459 e. The average Bonchev–Trinajstić information content (AvgIpc) is 2.76. The van der Waals surface area contributed by atoms with Gasteiger partial charge in [0.1, 0.15) is 18.3 Å². The van der Waals surface area contributed by atoms with Crippen LogP contribution in [-0.2, 0) is 14.3 Å². The molecule has 2 rings (SSSR count). The molecule has 0 aromatic carbocycles. The number of carbonyl (C=O) groups excluding carboxylic acids is 2. The third kappa shape index (κ3) is 3.49. The zero-order chi connectivity index (χ0) is 14.8. The first-order valence-corrected chi connectivity index (χ1v) is 6.56. The van der Waals surface area contributed by atoms with Gasteiger partial charge in [0.25, 0.3) is 0 Å². The van der Waals surface area contributed by atoms with Gasteiger partial charge in [0.15, 0.2) is 5.96 Å². The molecule has 0 radical (unpaired) electrons. The standard InChI is InChI=1S/C13H20N4O3/c1-13(2,3)20-10(19)7-14-12-15-9-5-4-6-17(8-18)11(9)16-12/h4-5,8-9,11H,6-7H2,1-3H3,(H2,14,15,16). The van der Waals surface area contributed by atoms with E-state index in [1.54, 1.807) is 4.90 Å². The summed E-state index contributed by atoms with van der Waals surface area (Å²) in [6.07, 6.45) is 4.54. The summed E-state index contributed by atoms with van der Waals surface area (Å²) in [6, 6.07) is -0.0219. The fraction of sp³-hybridized carbons (Fsp3) is 0.615. The van der Waals surface area contributed by atoms with Crippen LogP contribution in [0.15, 0.2) is 17.1 Å². The summed E-state index contributed by atoms with van der Waals surface area (Å²) >= 11 is 0. The Morgan fingerprint density at radius 2 is 2.30 bits per heavy atom. The predicted molar refractivity (Wildman–Crippen MR) is 73.9 cm³/mol. The first kappa shape index (κ1) is 14.4. The number of guanidine groups is 1. The van der Waals surface area contributed by atoms with Crippen LogP contribution in [0.3, 0.4) is 0 Å². The molecule has 2 N–H and O–H groups in total. The maximum atomic E-state index is 11.6. The molecule has 2 unspecified atom stereocenters. The Morgan fingerprint density at radius 1 is 1.55 bits per heavy atom. The second-order valence-electron chi connectivity index (χ2n) is 5.74. The summed E-state index contributed by atoms with van der Waals surface area (Å²) in [5, 5.41) is 6.21. The van der Waals surface area contributed by atoms with E-state index in [1.165, 1.54) is 0 Å². The molecular weight excluding hydrogens is 260 g/mol. The quantitative estimate of drug-likeness (QED) is 0.417. The predicted octanol–water partition coefficient (Wildman–Crippen LogP) is -0.400. The smallest absolute Gasteiger partial charge is 0.328 e. The molecule has 0 aromatic rings. The molecule has 20 heavy (non-hydrogen) atoms. The number of ether oxygens (including phenoxy) is 1. The van der Waals surface area contributed by atoms with E-state index in [4.69, 9.17) is 4.74 Å². The van der Waals surface area contributed by atoms with Crippen molar-refractivity contribution in [2.24, 2.45) is 4.99 Å². The molecule has 0 bridgehead atoms. The van der Waals surface area contributed by atoms with E-state index in [-0.39, 0.29) is 24.7 Å². The van der Waals surface area contributed by atoms with Crippen LogP contribution in [-0.4, -0.2) is 54.1 Å². The van der Waals surface area contributed by atoms with Crippen LogP contribution in [0.2, 0.25) is 0 Å². The molecule has 7 nitrogen and oxygen atoms in total. The number of nitrogens with one attached hydrogen (secondary N) is 2. The molecule has 2 aliphatic rings. The highest BCUT2D eigenvalue weighted by molar-refractivity contribution is 5.86. The molecule has 1 saturated heterocycles. The van der Waals surface area contributed by atoms with E-state index in [1.807, 2.05) is 32.9 Å². The Bertz CT molecular complexity index is 453. The Hall–Kier alpha value is -2.05. The fourth-order valence-electron chi connectivity index (χ4n) is 2.11. The van der Waals surface area contributed by atoms with Gasteiger partial charge in [-0.05, 0) is 20.8 Å². The summed E-state index contributed by atoms with van der Waals surface area (Å²) < 4.78 is 5.18. The normalized spacial score (nSPS) is 26.8. The van der Waals surface area contributed by atoms with Gasteiger partial charge in [-0.2, -0.15) is 0 Å². The molecule has 2 aliphatic heterocycles. The van der Waals surface area contributed by atoms with Crippen molar-refractivity contribution in [3.05, 3.63) is 12.2 Å². The van der Waals surface area contributed by atoms with Crippen molar-refractivity contribution in [3.8, 4) is 0 Å². The van der Waals surface area contributed by atoms with E-state index in [2.05, 4.69) is 15.6 Å². The minimum Gasteiger partial charge on any atom is -0.459 e. The lowest BCUT2D eigenvalue weighted by Crippen LogP contribution is -2.49. The van der Waals surface area contributed by atoms with Gasteiger partial charge < -0.3 is 20.3 Å². The van der Waals surface area contributed by atoms with E-state index in [9.17, 15) is 9.59 Å². The topological polar surface area (TPSA) is 83.0 Å². The highest BCUT2D eigenvalue weighted by Crippen LogP contribution is 2.12. The average molecular weight is 280 g/mol. The molecule has 0 aliphatic carbocycles. The Kier molecular flexibility index (Phi) is 3.96. The van der Waals surface area contributed by atoms with Crippen molar-refractivity contribution in [1.82, 2.24) is 15.5 Å². The Balaban J connectivity index is 1.92. The number of nitrogens with zero attached hydrogens (tertiary/aromatic N) is 2. The number of hydrogen-bond acceptors (Lipinski definition) is 4. The van der Waals surface area contributed by atoms with Gasteiger partial charge >= 0.3 is 5.97 Å². The van der Waals surface area contributed by atoms with Crippen LogP contribution < -0.4 is 10.6 Å². The maximum Gasteiger partial charge on any atom is 0.328 e. The van der Waals surface area contributed by atoms with Crippen LogP contribution in [0.5, 0.6) is 0 Å². The van der Waals surface area contributed by atoms with E-state index in [0.717, 1.165) is 6.41 Å². The lowest BCUT2D eigenvalue weighted by molar-refractivity contribution is -0.152. The molecule has 1 amide bonds. The van der Waals surface area contributed by atoms with E-state index >= 15 is 0 Å². The zero-order valence-corrected chi connectivity index (χ0v) is 11.9. The molecule has 0 aromatic heterocycles. The SMILES string of the molecule is CC(C)(C)OC(=O)CN=C1NC2C=CCN(C=O)C2N1. The van der Waals surface area contributed by atoms with Crippen LogP contribution in [0, 0.1) is 0 Å². The summed E-state index contributed by atoms with van der Waals surface area (Å²) in [5.74, 6) is 0.121. The summed E-state index contributed by atoms with van der Waals surface area (Å²) in [4.78, 5) is 28.3. The van der Waals surface area contributed by atoms with E-state index in [0.29, 0.717) is 12.5 Å². The van der Waals surface area contributed by atoms with Crippen LogP contribution in [0.1, 0.15) is 20.8 Å². The monoisotopic (exact) mass is 280 g/mol. The third-order valence-electron chi connectivity index (χ3n) is 2.87. The molecule has 7 heteroatoms. The summed E-state index contributed by atoms with van der Waals surface area (Å²) in [6.45, 7) is 5.94. The van der Waals surface area contributed by atoms with Crippen LogP contribution in [0.4, 0.5) is 0 Å².